The highest BCUT2D eigenvalue weighted by molar-refractivity contribution is 5.60. The summed E-state index contributed by atoms with van der Waals surface area (Å²) >= 11 is 0. The molecule has 0 spiro atoms. The molecule has 3 aromatic carbocycles. The molecule has 228 valence electrons. The van der Waals surface area contributed by atoms with E-state index >= 15 is 0 Å². The Bertz CT molecular complexity index is 1500. The van der Waals surface area contributed by atoms with Gasteiger partial charge in [-0.2, -0.15) is 0 Å². The number of amides is 2. The van der Waals surface area contributed by atoms with Crippen molar-refractivity contribution in [3.63, 3.8) is 0 Å². The van der Waals surface area contributed by atoms with Crippen LogP contribution in [0.3, 0.4) is 0 Å². The molecule has 1 unspecified atom stereocenters. The number of rotatable bonds is 12. The van der Waals surface area contributed by atoms with Crippen LogP contribution in [0.5, 0.6) is 0 Å². The van der Waals surface area contributed by atoms with Crippen molar-refractivity contribution in [2.24, 2.45) is 0 Å². The second-order valence-electron chi connectivity index (χ2n) is 11.5. The largest absolute Gasteiger partial charge is 0.360 e. The smallest absolute Gasteiger partial charge is 0.269 e. The minimum atomic E-state index is -0.557. The number of nitrogens with zero attached hydrogens (tertiary/aromatic N) is 3. The standard InChI is InChI=1S/C35H39N5O4/c1-26-33(36-24-41)32(28-11-9-16-31(23-28)40(43)44)34(27(2)37-26)39(25-42)20-10-19-38-21-17-35(18-22-38,29-12-5-3-6-13-29)30-14-7-4-8-15-30/h3-9,11-16,23-25,32,37H,10,17-22H2,1-2H3,(H,36,41). The molecule has 0 radical (unpaired) electrons. The first kappa shape index (κ1) is 30.7. The Balaban J connectivity index is 1.31. The predicted octanol–water partition coefficient (Wildman–Crippen LogP) is 5.42. The fraction of sp³-hybridized carbons (Fsp3) is 0.314. The third-order valence-electron chi connectivity index (χ3n) is 9.03. The van der Waals surface area contributed by atoms with E-state index in [-0.39, 0.29) is 11.1 Å². The van der Waals surface area contributed by atoms with Gasteiger partial charge < -0.3 is 20.4 Å². The number of carbonyl (C=O) groups excluding carboxylic acids is 2. The second-order valence-corrected chi connectivity index (χ2v) is 11.5. The SMILES string of the molecule is CC1=C(NC=O)C(c2cccc([N+](=O)[O-])c2)C(N(C=O)CCCN2CCC(c3ccccc3)(c3ccccc3)CC2)=C(C)N1. The minimum Gasteiger partial charge on any atom is -0.360 e. The van der Waals surface area contributed by atoms with Gasteiger partial charge in [0.05, 0.1) is 22.2 Å². The van der Waals surface area contributed by atoms with Gasteiger partial charge in [0, 0.05) is 35.5 Å². The molecule has 9 heteroatoms. The molecule has 2 aliphatic heterocycles. The zero-order valence-corrected chi connectivity index (χ0v) is 25.2. The van der Waals surface area contributed by atoms with Gasteiger partial charge in [-0.1, -0.05) is 72.8 Å². The van der Waals surface area contributed by atoms with Crippen LogP contribution in [0.2, 0.25) is 0 Å². The highest BCUT2D eigenvalue weighted by Gasteiger charge is 2.38. The van der Waals surface area contributed by atoms with Crippen LogP contribution in [0.4, 0.5) is 5.69 Å². The Labute approximate surface area is 258 Å². The van der Waals surface area contributed by atoms with Crippen LogP contribution >= 0.6 is 0 Å². The predicted molar refractivity (Wildman–Crippen MR) is 170 cm³/mol. The van der Waals surface area contributed by atoms with Crippen molar-refractivity contribution < 1.29 is 14.5 Å². The van der Waals surface area contributed by atoms with Gasteiger partial charge in [-0.15, -0.1) is 0 Å². The Kier molecular flexibility index (Phi) is 9.55. The van der Waals surface area contributed by atoms with Crippen molar-refractivity contribution in [3.8, 4) is 0 Å². The van der Waals surface area contributed by atoms with Crippen LogP contribution in [0.1, 0.15) is 55.7 Å². The molecule has 2 heterocycles. The minimum absolute atomic E-state index is 0.0266. The molecular weight excluding hydrogens is 554 g/mol. The zero-order chi connectivity index (χ0) is 31.1. The molecule has 1 fully saturated rings. The lowest BCUT2D eigenvalue weighted by atomic mass is 9.68. The van der Waals surface area contributed by atoms with Crippen molar-refractivity contribution in [3.05, 3.63) is 135 Å². The molecule has 44 heavy (non-hydrogen) atoms. The van der Waals surface area contributed by atoms with E-state index in [9.17, 15) is 19.7 Å². The van der Waals surface area contributed by atoms with Crippen LogP contribution < -0.4 is 10.6 Å². The Morgan fingerprint density at radius 3 is 2.16 bits per heavy atom. The molecule has 3 aromatic rings. The third-order valence-corrected chi connectivity index (χ3v) is 9.03. The molecular formula is C35H39N5O4. The van der Waals surface area contributed by atoms with E-state index in [1.54, 1.807) is 17.0 Å². The topological polar surface area (TPSA) is 108 Å². The number of dihydropyridines is 1. The number of nitro groups is 1. The highest BCUT2D eigenvalue weighted by atomic mass is 16.6. The number of carbonyl (C=O) groups is 2. The van der Waals surface area contributed by atoms with Gasteiger partial charge in [-0.3, -0.25) is 19.7 Å². The number of nitro benzene ring substituents is 1. The number of hydrogen-bond donors (Lipinski definition) is 2. The molecule has 9 nitrogen and oxygen atoms in total. The van der Waals surface area contributed by atoms with E-state index in [1.807, 2.05) is 13.8 Å². The summed E-state index contributed by atoms with van der Waals surface area (Å²) in [6.45, 7) is 6.91. The van der Waals surface area contributed by atoms with Gasteiger partial charge in [-0.25, -0.2) is 0 Å². The van der Waals surface area contributed by atoms with E-state index in [4.69, 9.17) is 0 Å². The molecule has 2 aliphatic rings. The summed E-state index contributed by atoms with van der Waals surface area (Å²) in [7, 11) is 0. The number of hydrogen-bond acceptors (Lipinski definition) is 6. The number of piperidine rings is 1. The van der Waals surface area contributed by atoms with E-state index in [0.29, 0.717) is 35.6 Å². The fourth-order valence-electron chi connectivity index (χ4n) is 6.87. The van der Waals surface area contributed by atoms with E-state index < -0.39 is 10.8 Å². The third kappa shape index (κ3) is 6.28. The molecule has 0 saturated carbocycles. The lowest BCUT2D eigenvalue weighted by molar-refractivity contribution is -0.384. The molecule has 0 aliphatic carbocycles. The summed E-state index contributed by atoms with van der Waals surface area (Å²) in [6.07, 6.45) is 4.17. The maximum Gasteiger partial charge on any atom is 0.269 e. The Morgan fingerprint density at radius 2 is 1.59 bits per heavy atom. The second kappa shape index (κ2) is 13.7. The van der Waals surface area contributed by atoms with E-state index in [0.717, 1.165) is 51.0 Å². The quantitative estimate of drug-likeness (QED) is 0.165. The molecule has 2 N–H and O–H groups in total. The summed E-state index contributed by atoms with van der Waals surface area (Å²) in [5.41, 5.74) is 5.95. The Hall–Kier alpha value is -4.76. The van der Waals surface area contributed by atoms with Crippen molar-refractivity contribution in [2.75, 3.05) is 26.2 Å². The average Bonchev–Trinajstić information content (AvgIpc) is 3.06. The van der Waals surface area contributed by atoms with Gasteiger partial charge in [0.15, 0.2) is 0 Å². The number of allylic oxidation sites excluding steroid dienone is 2. The summed E-state index contributed by atoms with van der Waals surface area (Å²) < 4.78 is 0. The van der Waals surface area contributed by atoms with Gasteiger partial charge in [-0.05, 0) is 69.4 Å². The van der Waals surface area contributed by atoms with Crippen molar-refractivity contribution >= 4 is 18.5 Å². The van der Waals surface area contributed by atoms with Crippen LogP contribution in [0.15, 0.2) is 108 Å². The first-order chi connectivity index (χ1) is 21.4. The van der Waals surface area contributed by atoms with Gasteiger partial charge in [0.1, 0.15) is 0 Å². The number of nitrogens with one attached hydrogen (secondary N) is 2. The monoisotopic (exact) mass is 593 g/mol. The number of likely N-dealkylation sites (tertiary alicyclic amines) is 1. The number of non-ortho nitro benzene ring substituents is 1. The van der Waals surface area contributed by atoms with Crippen molar-refractivity contribution in [1.29, 1.82) is 0 Å². The lowest BCUT2D eigenvalue weighted by Crippen LogP contribution is -2.44. The van der Waals surface area contributed by atoms with Crippen LogP contribution in [-0.2, 0) is 15.0 Å². The first-order valence-electron chi connectivity index (χ1n) is 15.1. The van der Waals surface area contributed by atoms with Gasteiger partial charge in [0.25, 0.3) is 5.69 Å². The highest BCUT2D eigenvalue weighted by Crippen LogP contribution is 2.42. The van der Waals surface area contributed by atoms with Crippen molar-refractivity contribution in [1.82, 2.24) is 20.4 Å². The van der Waals surface area contributed by atoms with Gasteiger partial charge in [0.2, 0.25) is 12.8 Å². The lowest BCUT2D eigenvalue weighted by Gasteiger charge is -2.43. The Morgan fingerprint density at radius 1 is 0.955 bits per heavy atom. The van der Waals surface area contributed by atoms with E-state index in [2.05, 4.69) is 76.2 Å². The summed E-state index contributed by atoms with van der Waals surface area (Å²) in [6, 6.07) is 27.9. The fourth-order valence-corrected chi connectivity index (χ4v) is 6.87. The summed E-state index contributed by atoms with van der Waals surface area (Å²) in [5.74, 6) is -0.557. The zero-order valence-electron chi connectivity index (χ0n) is 25.2. The first-order valence-corrected chi connectivity index (χ1v) is 15.1. The van der Waals surface area contributed by atoms with Crippen LogP contribution in [0, 0.1) is 10.1 Å². The average molecular weight is 594 g/mol. The number of benzene rings is 3. The molecule has 1 saturated heterocycles. The van der Waals surface area contributed by atoms with Crippen LogP contribution in [-0.4, -0.2) is 53.7 Å². The molecule has 0 bridgehead atoms. The molecule has 0 aromatic heterocycles. The normalized spacial score (nSPS) is 18.4. The van der Waals surface area contributed by atoms with Gasteiger partial charge >= 0.3 is 0 Å². The molecule has 1 atom stereocenters. The van der Waals surface area contributed by atoms with E-state index in [1.165, 1.54) is 23.3 Å². The maximum absolute atomic E-state index is 12.6. The summed E-state index contributed by atoms with van der Waals surface area (Å²) in [4.78, 5) is 39.4. The van der Waals surface area contributed by atoms with Crippen LogP contribution in [0.25, 0.3) is 0 Å². The maximum atomic E-state index is 12.6. The summed E-state index contributed by atoms with van der Waals surface area (Å²) in [5, 5.41) is 17.6. The molecule has 2 amide bonds. The van der Waals surface area contributed by atoms with Crippen molar-refractivity contribution in [2.45, 2.75) is 44.4 Å². The molecule has 5 rings (SSSR count).